The van der Waals surface area contributed by atoms with E-state index in [0.717, 1.165) is 64.6 Å². The Hall–Kier alpha value is -3.51. The van der Waals surface area contributed by atoms with Crippen molar-refractivity contribution in [1.82, 2.24) is 34.4 Å². The van der Waals surface area contributed by atoms with Crippen LogP contribution in [0.4, 0.5) is 19.1 Å². The minimum Gasteiger partial charge on any atom is -0.381 e. The SMILES string of the molecule is FC(F)(F)c1ccc2ncc(-c3ccnc(N4CCN(CC5CCCOC5)CC4)n3)n2c1.c1cn[nH]c1. The van der Waals surface area contributed by atoms with Crippen LogP contribution in [0.2, 0.25) is 0 Å². The molecule has 2 fully saturated rings. The highest BCUT2D eigenvalue weighted by Gasteiger charge is 2.31. The lowest BCUT2D eigenvalue weighted by Gasteiger charge is -2.37. The summed E-state index contributed by atoms with van der Waals surface area (Å²) in [5.74, 6) is 1.19. The minimum atomic E-state index is -4.42. The average molecular weight is 515 g/mol. The molecule has 12 heteroatoms. The Kier molecular flexibility index (Phi) is 7.65. The van der Waals surface area contributed by atoms with Crippen molar-refractivity contribution in [3.05, 3.63) is 60.8 Å². The van der Waals surface area contributed by atoms with Crippen molar-refractivity contribution in [2.75, 3.05) is 50.8 Å². The van der Waals surface area contributed by atoms with Gasteiger partial charge in [0.1, 0.15) is 5.65 Å². The molecule has 2 aliphatic rings. The molecule has 0 saturated carbocycles. The third-order valence-electron chi connectivity index (χ3n) is 6.57. The number of rotatable bonds is 4. The zero-order chi connectivity index (χ0) is 25.7. The van der Waals surface area contributed by atoms with Gasteiger partial charge in [-0.1, -0.05) is 0 Å². The van der Waals surface area contributed by atoms with Gasteiger partial charge in [0.15, 0.2) is 0 Å². The summed E-state index contributed by atoms with van der Waals surface area (Å²) >= 11 is 0. The standard InChI is InChI=1S/C22H25F3N6O.C3H4N2/c23-22(24,25)17-3-4-20-27-12-19(31(20)14-17)18-5-6-26-21(28-18)30-9-7-29(8-10-30)13-16-2-1-11-32-15-16;1-2-4-5-3-1/h3-6,12,14,16H,1-2,7-11,13,15H2;1-3H,(H,4,5). The van der Waals surface area contributed by atoms with Crippen molar-refractivity contribution in [2.45, 2.75) is 19.0 Å². The van der Waals surface area contributed by atoms with Crippen molar-refractivity contribution in [3.8, 4) is 11.4 Å². The van der Waals surface area contributed by atoms with E-state index in [1.165, 1.54) is 16.9 Å². The van der Waals surface area contributed by atoms with E-state index in [1.807, 2.05) is 6.07 Å². The van der Waals surface area contributed by atoms with Crippen LogP contribution in [0, 0.1) is 5.92 Å². The van der Waals surface area contributed by atoms with Gasteiger partial charge in [-0.2, -0.15) is 18.3 Å². The monoisotopic (exact) mass is 514 g/mol. The van der Waals surface area contributed by atoms with Crippen molar-refractivity contribution in [1.29, 1.82) is 0 Å². The zero-order valence-corrected chi connectivity index (χ0v) is 20.3. The molecule has 0 radical (unpaired) electrons. The Morgan fingerprint density at radius 1 is 1.05 bits per heavy atom. The number of nitrogens with zero attached hydrogens (tertiary/aromatic N) is 7. The van der Waals surface area contributed by atoms with Crippen molar-refractivity contribution in [3.63, 3.8) is 0 Å². The molecular formula is C25H29F3N8O. The number of fused-ring (bicyclic) bond motifs is 1. The molecule has 4 aromatic heterocycles. The number of ether oxygens (including phenoxy) is 1. The fraction of sp³-hybridized carbons (Fsp3) is 0.440. The Bertz CT molecular complexity index is 1250. The summed E-state index contributed by atoms with van der Waals surface area (Å²) in [6.07, 6.45) is 5.66. The van der Waals surface area contributed by atoms with E-state index < -0.39 is 11.7 Å². The van der Waals surface area contributed by atoms with Gasteiger partial charge in [0.2, 0.25) is 5.95 Å². The lowest BCUT2D eigenvalue weighted by Crippen LogP contribution is -2.49. The Labute approximate surface area is 212 Å². The molecule has 6 heterocycles. The van der Waals surface area contributed by atoms with E-state index in [9.17, 15) is 13.2 Å². The molecule has 0 spiro atoms. The predicted octanol–water partition coefficient (Wildman–Crippen LogP) is 3.77. The van der Waals surface area contributed by atoms with Gasteiger partial charge in [-0.15, -0.1) is 0 Å². The number of halogens is 3. The van der Waals surface area contributed by atoms with Gasteiger partial charge in [0.05, 0.1) is 29.8 Å². The number of imidazole rings is 1. The van der Waals surface area contributed by atoms with Crippen LogP contribution in [0.3, 0.4) is 0 Å². The van der Waals surface area contributed by atoms with Crippen molar-refractivity contribution >= 4 is 11.6 Å². The average Bonchev–Trinajstić information content (AvgIpc) is 3.63. The fourth-order valence-corrected chi connectivity index (χ4v) is 4.64. The molecule has 0 bridgehead atoms. The summed E-state index contributed by atoms with van der Waals surface area (Å²) in [5.41, 5.74) is 0.765. The normalized spacial score (nSPS) is 19.0. The first kappa shape index (κ1) is 25.2. The molecule has 6 rings (SSSR count). The van der Waals surface area contributed by atoms with Gasteiger partial charge in [0, 0.05) is 64.1 Å². The van der Waals surface area contributed by atoms with Crippen molar-refractivity contribution in [2.24, 2.45) is 5.92 Å². The highest BCUT2D eigenvalue weighted by atomic mass is 19.4. The molecule has 1 unspecified atom stereocenters. The smallest absolute Gasteiger partial charge is 0.381 e. The number of anilines is 1. The van der Waals surface area contributed by atoms with Crippen molar-refractivity contribution < 1.29 is 17.9 Å². The number of hydrogen-bond donors (Lipinski definition) is 1. The van der Waals surface area contributed by atoms with Crippen LogP contribution >= 0.6 is 0 Å². The van der Waals surface area contributed by atoms with E-state index in [0.29, 0.717) is 28.9 Å². The summed E-state index contributed by atoms with van der Waals surface area (Å²) < 4.78 is 46.5. The first-order valence-electron chi connectivity index (χ1n) is 12.3. The lowest BCUT2D eigenvalue weighted by atomic mass is 10.0. The number of H-pyrrole nitrogens is 1. The second kappa shape index (κ2) is 11.3. The molecule has 196 valence electrons. The molecule has 0 aliphatic carbocycles. The maximum absolute atomic E-state index is 13.2. The molecule has 0 aromatic carbocycles. The van der Waals surface area contributed by atoms with Gasteiger partial charge in [-0.05, 0) is 43.0 Å². The number of aromatic nitrogens is 6. The maximum Gasteiger partial charge on any atom is 0.417 e. The van der Waals surface area contributed by atoms with Gasteiger partial charge in [0.25, 0.3) is 0 Å². The first-order valence-corrected chi connectivity index (χ1v) is 12.3. The summed E-state index contributed by atoms with van der Waals surface area (Å²) in [6, 6.07) is 5.94. The van der Waals surface area contributed by atoms with E-state index in [2.05, 4.69) is 34.9 Å². The number of aromatic amines is 1. The van der Waals surface area contributed by atoms with Crippen LogP contribution in [-0.2, 0) is 10.9 Å². The second-order valence-electron chi connectivity index (χ2n) is 9.17. The maximum atomic E-state index is 13.2. The number of nitrogens with one attached hydrogen (secondary N) is 1. The molecule has 1 atom stereocenters. The number of piperazine rings is 1. The highest BCUT2D eigenvalue weighted by Crippen LogP contribution is 2.30. The van der Waals surface area contributed by atoms with Crippen LogP contribution in [0.25, 0.3) is 17.0 Å². The summed E-state index contributed by atoms with van der Waals surface area (Å²) in [5, 5.41) is 6.21. The Balaban J connectivity index is 0.000000503. The largest absolute Gasteiger partial charge is 0.417 e. The second-order valence-corrected chi connectivity index (χ2v) is 9.17. The van der Waals surface area contributed by atoms with Crippen LogP contribution < -0.4 is 4.90 Å². The molecule has 9 nitrogen and oxygen atoms in total. The number of hydrogen-bond acceptors (Lipinski definition) is 7. The minimum absolute atomic E-state index is 0.438. The quantitative estimate of drug-likeness (QED) is 0.444. The topological polar surface area (TPSA) is 87.5 Å². The summed E-state index contributed by atoms with van der Waals surface area (Å²) in [7, 11) is 0. The molecule has 0 amide bonds. The van der Waals surface area contributed by atoms with Crippen LogP contribution in [-0.4, -0.2) is 80.4 Å². The molecule has 2 saturated heterocycles. The summed E-state index contributed by atoms with van der Waals surface area (Å²) in [6.45, 7) is 6.24. The van der Waals surface area contributed by atoms with E-state index in [1.54, 1.807) is 30.9 Å². The van der Waals surface area contributed by atoms with Crippen LogP contribution in [0.1, 0.15) is 18.4 Å². The third kappa shape index (κ3) is 6.25. The fourth-order valence-electron chi connectivity index (χ4n) is 4.64. The van der Waals surface area contributed by atoms with Crippen LogP contribution in [0.15, 0.2) is 55.2 Å². The Morgan fingerprint density at radius 2 is 1.92 bits per heavy atom. The summed E-state index contributed by atoms with van der Waals surface area (Å²) in [4.78, 5) is 17.9. The van der Waals surface area contributed by atoms with E-state index in [4.69, 9.17) is 4.74 Å². The molecular weight excluding hydrogens is 485 g/mol. The van der Waals surface area contributed by atoms with E-state index in [-0.39, 0.29) is 0 Å². The van der Waals surface area contributed by atoms with Crippen LogP contribution in [0.5, 0.6) is 0 Å². The molecule has 37 heavy (non-hydrogen) atoms. The predicted molar refractivity (Wildman–Crippen MR) is 132 cm³/mol. The molecule has 1 N–H and O–H groups in total. The van der Waals surface area contributed by atoms with Gasteiger partial charge in [-0.3, -0.25) is 14.4 Å². The van der Waals surface area contributed by atoms with Gasteiger partial charge >= 0.3 is 6.18 Å². The van der Waals surface area contributed by atoms with Gasteiger partial charge < -0.3 is 9.64 Å². The lowest BCUT2D eigenvalue weighted by molar-refractivity contribution is -0.137. The van der Waals surface area contributed by atoms with Gasteiger partial charge in [-0.25, -0.2) is 15.0 Å². The molecule has 4 aromatic rings. The number of pyridine rings is 1. The Morgan fingerprint density at radius 3 is 2.59 bits per heavy atom. The number of alkyl halides is 3. The molecule has 2 aliphatic heterocycles. The zero-order valence-electron chi connectivity index (χ0n) is 20.3. The first-order chi connectivity index (χ1) is 18.0. The highest BCUT2D eigenvalue weighted by molar-refractivity contribution is 5.61. The van der Waals surface area contributed by atoms with E-state index >= 15 is 0 Å². The third-order valence-corrected chi connectivity index (χ3v) is 6.57.